The van der Waals surface area contributed by atoms with Gasteiger partial charge in [0.15, 0.2) is 5.96 Å². The molecule has 2 heterocycles. The number of halogens is 1. The maximum absolute atomic E-state index is 6.06. The van der Waals surface area contributed by atoms with Gasteiger partial charge in [-0.3, -0.25) is 4.99 Å². The quantitative estimate of drug-likeness (QED) is 0.595. The van der Waals surface area contributed by atoms with E-state index in [2.05, 4.69) is 51.1 Å². The molecule has 0 amide bonds. The molecule has 142 valence electrons. The van der Waals surface area contributed by atoms with Crippen LogP contribution in [-0.4, -0.2) is 47.6 Å². The summed E-state index contributed by atoms with van der Waals surface area (Å²) in [6.07, 6.45) is 3.83. The van der Waals surface area contributed by atoms with Crippen molar-refractivity contribution in [2.24, 2.45) is 12.0 Å². The molecule has 0 aliphatic carbocycles. The van der Waals surface area contributed by atoms with Crippen LogP contribution in [0.2, 0.25) is 5.02 Å². The molecular weight excluding hydrogens is 348 g/mol. The maximum atomic E-state index is 6.06. The van der Waals surface area contributed by atoms with E-state index in [1.165, 1.54) is 0 Å². The Kier molecular flexibility index (Phi) is 7.33. The molecule has 0 aliphatic rings. The van der Waals surface area contributed by atoms with Crippen LogP contribution in [0.25, 0.3) is 0 Å². The van der Waals surface area contributed by atoms with E-state index in [4.69, 9.17) is 11.6 Å². The Balaban J connectivity index is 1.94. The monoisotopic (exact) mass is 376 g/mol. The molecule has 26 heavy (non-hydrogen) atoms. The highest BCUT2D eigenvalue weighted by Gasteiger charge is 2.10. The van der Waals surface area contributed by atoms with E-state index in [0.29, 0.717) is 6.54 Å². The average Bonchev–Trinajstić information content (AvgIpc) is 2.95. The molecule has 0 fully saturated rings. The number of nitrogens with zero attached hydrogens (tertiary/aromatic N) is 5. The molecule has 0 bridgehead atoms. The van der Waals surface area contributed by atoms with Gasteiger partial charge in [-0.1, -0.05) is 17.7 Å². The lowest BCUT2D eigenvalue weighted by molar-refractivity contribution is 0.461. The lowest BCUT2D eigenvalue weighted by Gasteiger charge is -2.23. The number of aliphatic imine (C=N–C) groups is 1. The van der Waals surface area contributed by atoms with Crippen molar-refractivity contribution >= 4 is 23.4 Å². The first-order chi connectivity index (χ1) is 12.5. The topological polar surface area (TPSA) is 48.7 Å². The molecule has 0 saturated heterocycles. The Morgan fingerprint density at radius 1 is 1.31 bits per heavy atom. The van der Waals surface area contributed by atoms with Crippen LogP contribution < -0.4 is 10.2 Å². The molecule has 6 nitrogen and oxygen atoms in total. The molecule has 2 aromatic heterocycles. The summed E-state index contributed by atoms with van der Waals surface area (Å²) in [5.41, 5.74) is 2.25. The SMILES string of the molecule is CCN(CC)c1ccc(CNC(=NC)N(C)Cc2cc(Cl)cn2C)cn1. The van der Waals surface area contributed by atoms with E-state index < -0.39 is 0 Å². The third kappa shape index (κ3) is 5.14. The zero-order valence-corrected chi connectivity index (χ0v) is 17.1. The third-order valence-corrected chi connectivity index (χ3v) is 4.60. The Morgan fingerprint density at radius 2 is 2.04 bits per heavy atom. The van der Waals surface area contributed by atoms with Crippen LogP contribution in [0.15, 0.2) is 35.6 Å². The normalized spacial score (nSPS) is 11.5. The van der Waals surface area contributed by atoms with Crippen molar-refractivity contribution in [3.63, 3.8) is 0 Å². The summed E-state index contributed by atoms with van der Waals surface area (Å²) in [7, 11) is 5.80. The summed E-state index contributed by atoms with van der Waals surface area (Å²) in [5, 5.41) is 4.14. The van der Waals surface area contributed by atoms with Gasteiger partial charge in [-0.25, -0.2) is 4.98 Å². The van der Waals surface area contributed by atoms with Crippen LogP contribution in [0.3, 0.4) is 0 Å². The molecular formula is C19H29ClN6. The second-order valence-electron chi connectivity index (χ2n) is 6.21. The summed E-state index contributed by atoms with van der Waals surface area (Å²) in [6, 6.07) is 6.15. The molecule has 0 aliphatic heterocycles. The van der Waals surface area contributed by atoms with Crippen molar-refractivity contribution in [1.82, 2.24) is 19.8 Å². The average molecular weight is 377 g/mol. The van der Waals surface area contributed by atoms with Crippen molar-refractivity contribution < 1.29 is 0 Å². The van der Waals surface area contributed by atoms with Gasteiger partial charge < -0.3 is 19.7 Å². The molecule has 0 atom stereocenters. The van der Waals surface area contributed by atoms with E-state index >= 15 is 0 Å². The fourth-order valence-electron chi connectivity index (χ4n) is 2.86. The van der Waals surface area contributed by atoms with Crippen LogP contribution in [0.1, 0.15) is 25.1 Å². The zero-order chi connectivity index (χ0) is 19.1. The van der Waals surface area contributed by atoms with Gasteiger partial charge in [-0.15, -0.1) is 0 Å². The number of nitrogens with one attached hydrogen (secondary N) is 1. The summed E-state index contributed by atoms with van der Waals surface area (Å²) >= 11 is 6.06. The Labute approximate surface area is 161 Å². The van der Waals surface area contributed by atoms with Crippen LogP contribution in [-0.2, 0) is 20.1 Å². The van der Waals surface area contributed by atoms with Crippen LogP contribution in [0.4, 0.5) is 5.82 Å². The molecule has 0 spiro atoms. The zero-order valence-electron chi connectivity index (χ0n) is 16.3. The van der Waals surface area contributed by atoms with E-state index in [-0.39, 0.29) is 0 Å². The van der Waals surface area contributed by atoms with Crippen molar-refractivity contribution in [3.05, 3.63) is 46.9 Å². The summed E-state index contributed by atoms with van der Waals surface area (Å²) in [5.74, 6) is 1.84. The van der Waals surface area contributed by atoms with Gasteiger partial charge in [0, 0.05) is 58.9 Å². The number of guanidine groups is 1. The van der Waals surface area contributed by atoms with Crippen LogP contribution in [0.5, 0.6) is 0 Å². The van der Waals surface area contributed by atoms with E-state index in [0.717, 1.165) is 47.7 Å². The first kappa shape index (κ1) is 20.1. The van der Waals surface area contributed by atoms with Crippen molar-refractivity contribution in [3.8, 4) is 0 Å². The fraction of sp³-hybridized carbons (Fsp3) is 0.474. The highest BCUT2D eigenvalue weighted by molar-refractivity contribution is 6.30. The predicted octanol–water partition coefficient (Wildman–Crippen LogP) is 3.13. The predicted molar refractivity (Wildman–Crippen MR) is 110 cm³/mol. The van der Waals surface area contributed by atoms with Gasteiger partial charge in [0.2, 0.25) is 0 Å². The standard InChI is InChI=1S/C19H29ClN6/c1-6-26(7-2)18-9-8-15(11-22-18)12-23-19(21-3)25(5)14-17-10-16(20)13-24(17)4/h8-11,13H,6-7,12,14H2,1-5H3,(H,21,23). The fourth-order valence-corrected chi connectivity index (χ4v) is 3.14. The minimum atomic E-state index is 0.677. The number of pyridine rings is 1. The number of hydrogen-bond donors (Lipinski definition) is 1. The highest BCUT2D eigenvalue weighted by atomic mass is 35.5. The smallest absolute Gasteiger partial charge is 0.194 e. The van der Waals surface area contributed by atoms with E-state index in [1.807, 2.05) is 37.1 Å². The second-order valence-corrected chi connectivity index (χ2v) is 6.65. The maximum Gasteiger partial charge on any atom is 0.194 e. The number of aryl methyl sites for hydroxylation is 1. The summed E-state index contributed by atoms with van der Waals surface area (Å²) in [6.45, 7) is 7.60. The van der Waals surface area contributed by atoms with Gasteiger partial charge in [0.05, 0.1) is 11.6 Å². The van der Waals surface area contributed by atoms with Gasteiger partial charge in [-0.2, -0.15) is 0 Å². The first-order valence-electron chi connectivity index (χ1n) is 8.90. The first-order valence-corrected chi connectivity index (χ1v) is 9.28. The van der Waals surface area contributed by atoms with Crippen molar-refractivity contribution in [2.75, 3.05) is 32.1 Å². The van der Waals surface area contributed by atoms with E-state index in [1.54, 1.807) is 7.05 Å². The van der Waals surface area contributed by atoms with Crippen molar-refractivity contribution in [1.29, 1.82) is 0 Å². The van der Waals surface area contributed by atoms with Gasteiger partial charge in [-0.05, 0) is 31.5 Å². The van der Waals surface area contributed by atoms with Gasteiger partial charge >= 0.3 is 0 Å². The Bertz CT molecular complexity index is 718. The Hall–Kier alpha value is -2.21. The van der Waals surface area contributed by atoms with Gasteiger partial charge in [0.25, 0.3) is 0 Å². The number of aromatic nitrogens is 2. The summed E-state index contributed by atoms with van der Waals surface area (Å²) in [4.78, 5) is 13.2. The largest absolute Gasteiger partial charge is 0.357 e. The highest BCUT2D eigenvalue weighted by Crippen LogP contribution is 2.14. The number of rotatable bonds is 7. The second kappa shape index (κ2) is 9.48. The number of hydrogen-bond acceptors (Lipinski definition) is 3. The molecule has 2 aromatic rings. The molecule has 0 unspecified atom stereocenters. The molecule has 1 N–H and O–H groups in total. The number of anilines is 1. The Morgan fingerprint density at radius 3 is 2.54 bits per heavy atom. The lowest BCUT2D eigenvalue weighted by atomic mass is 10.2. The minimum Gasteiger partial charge on any atom is -0.357 e. The third-order valence-electron chi connectivity index (χ3n) is 4.39. The van der Waals surface area contributed by atoms with Crippen LogP contribution in [0, 0.1) is 0 Å². The molecule has 7 heteroatoms. The minimum absolute atomic E-state index is 0.677. The van der Waals surface area contributed by atoms with E-state index in [9.17, 15) is 0 Å². The van der Waals surface area contributed by atoms with Gasteiger partial charge in [0.1, 0.15) is 5.82 Å². The molecule has 2 rings (SSSR count). The van der Waals surface area contributed by atoms with Crippen LogP contribution >= 0.6 is 11.6 Å². The lowest BCUT2D eigenvalue weighted by Crippen LogP contribution is -2.38. The van der Waals surface area contributed by atoms with Crippen molar-refractivity contribution in [2.45, 2.75) is 26.9 Å². The molecule has 0 radical (unpaired) electrons. The molecule has 0 aromatic carbocycles. The summed E-state index contributed by atoms with van der Waals surface area (Å²) < 4.78 is 2.03. The molecule has 0 saturated carbocycles.